The summed E-state index contributed by atoms with van der Waals surface area (Å²) in [5.41, 5.74) is 0. The van der Waals surface area contributed by atoms with Gasteiger partial charge in [-0.1, -0.05) is 0 Å². The summed E-state index contributed by atoms with van der Waals surface area (Å²) in [6.45, 7) is 0.169. The Bertz CT molecular complexity index is 243. The van der Waals surface area contributed by atoms with Gasteiger partial charge in [0.25, 0.3) is 0 Å². The second kappa shape index (κ2) is 6.67. The normalized spacial score (nSPS) is 46.0. The molecule has 2 heterocycles. The molecule has 6 nitrogen and oxygen atoms in total. The van der Waals surface area contributed by atoms with E-state index in [9.17, 15) is 10.2 Å². The molecule has 8 heteroatoms. The van der Waals surface area contributed by atoms with Crippen molar-refractivity contribution in [2.75, 3.05) is 25.0 Å². The summed E-state index contributed by atoms with van der Waals surface area (Å²) in [4.78, 5) is 0. The molecule has 0 saturated carbocycles. The van der Waals surface area contributed by atoms with Gasteiger partial charge in [0.2, 0.25) is 0 Å². The third-order valence-corrected chi connectivity index (χ3v) is 3.36. The highest BCUT2D eigenvalue weighted by Gasteiger charge is 2.43. The van der Waals surface area contributed by atoms with Crippen molar-refractivity contribution in [1.82, 2.24) is 0 Å². The molecular formula is C10H16Cl2O6. The summed E-state index contributed by atoms with van der Waals surface area (Å²) in [5.74, 6) is 0.281. The summed E-state index contributed by atoms with van der Waals surface area (Å²) >= 11 is 11.3. The predicted molar refractivity (Wildman–Crippen MR) is 62.7 cm³/mol. The lowest BCUT2D eigenvalue weighted by Crippen LogP contribution is -2.58. The molecule has 2 saturated heterocycles. The molecule has 0 aromatic rings. The number of alkyl halides is 2. The summed E-state index contributed by atoms with van der Waals surface area (Å²) in [5, 5.41) is 19.7. The Morgan fingerprint density at radius 1 is 0.833 bits per heavy atom. The molecule has 18 heavy (non-hydrogen) atoms. The van der Waals surface area contributed by atoms with Crippen LogP contribution in [0.1, 0.15) is 0 Å². The number of hydrogen-bond acceptors (Lipinski definition) is 6. The van der Waals surface area contributed by atoms with Gasteiger partial charge in [-0.2, -0.15) is 0 Å². The molecule has 2 fully saturated rings. The second-order valence-electron chi connectivity index (χ2n) is 4.17. The Morgan fingerprint density at radius 2 is 1.22 bits per heavy atom. The molecule has 0 amide bonds. The van der Waals surface area contributed by atoms with E-state index < -0.39 is 37.0 Å². The van der Waals surface area contributed by atoms with Crippen LogP contribution >= 0.6 is 23.2 Å². The smallest absolute Gasteiger partial charge is 0.171 e. The molecule has 0 aromatic heterocycles. The van der Waals surface area contributed by atoms with E-state index >= 15 is 0 Å². The first kappa shape index (κ1) is 14.7. The lowest BCUT2D eigenvalue weighted by Gasteiger charge is -2.42. The van der Waals surface area contributed by atoms with Crippen LogP contribution in [0.25, 0.3) is 0 Å². The van der Waals surface area contributed by atoms with Crippen LogP contribution < -0.4 is 0 Å². The van der Waals surface area contributed by atoms with Crippen LogP contribution in [0.3, 0.4) is 0 Å². The molecule has 2 aliphatic rings. The molecule has 0 radical (unpaired) electrons. The molecule has 0 aromatic carbocycles. The van der Waals surface area contributed by atoms with E-state index in [-0.39, 0.29) is 25.0 Å². The Labute approximate surface area is 115 Å². The van der Waals surface area contributed by atoms with Crippen LogP contribution in [0.2, 0.25) is 0 Å². The van der Waals surface area contributed by atoms with Crippen molar-refractivity contribution >= 4 is 23.2 Å². The van der Waals surface area contributed by atoms with Crippen LogP contribution in [0.5, 0.6) is 0 Å². The van der Waals surface area contributed by atoms with Gasteiger partial charge in [0.1, 0.15) is 24.4 Å². The monoisotopic (exact) mass is 302 g/mol. The van der Waals surface area contributed by atoms with Gasteiger partial charge in [-0.3, -0.25) is 0 Å². The number of aliphatic hydroxyl groups is 2. The van der Waals surface area contributed by atoms with E-state index in [2.05, 4.69) is 0 Å². The molecular weight excluding hydrogens is 287 g/mol. The summed E-state index contributed by atoms with van der Waals surface area (Å²) < 4.78 is 21.2. The Kier molecular flexibility index (Phi) is 5.47. The van der Waals surface area contributed by atoms with Crippen molar-refractivity contribution < 1.29 is 29.2 Å². The van der Waals surface area contributed by atoms with Crippen LogP contribution in [0.15, 0.2) is 0 Å². The van der Waals surface area contributed by atoms with Crippen LogP contribution in [0.4, 0.5) is 0 Å². The highest BCUT2D eigenvalue weighted by molar-refractivity contribution is 6.18. The zero-order chi connectivity index (χ0) is 13.1. The Hall–Kier alpha value is 0.340. The van der Waals surface area contributed by atoms with Gasteiger partial charge in [-0.25, -0.2) is 0 Å². The fourth-order valence-corrected chi connectivity index (χ4v) is 2.29. The quantitative estimate of drug-likeness (QED) is 0.695. The van der Waals surface area contributed by atoms with Crippen LogP contribution in [0, 0.1) is 0 Å². The zero-order valence-corrected chi connectivity index (χ0v) is 11.1. The average Bonchev–Trinajstić information content (AvgIpc) is 2.40. The van der Waals surface area contributed by atoms with Crippen molar-refractivity contribution in [3.8, 4) is 0 Å². The molecule has 6 atom stereocenters. The highest BCUT2D eigenvalue weighted by Crippen LogP contribution is 2.25. The van der Waals surface area contributed by atoms with Gasteiger partial charge in [0.15, 0.2) is 12.6 Å². The Balaban J connectivity index is 2.02. The number of hydrogen-bond donors (Lipinski definition) is 2. The van der Waals surface area contributed by atoms with E-state index in [1.165, 1.54) is 0 Å². The van der Waals surface area contributed by atoms with E-state index in [4.69, 9.17) is 42.1 Å². The maximum atomic E-state index is 9.85. The third kappa shape index (κ3) is 3.26. The van der Waals surface area contributed by atoms with Gasteiger partial charge in [0, 0.05) is 0 Å². The fraction of sp³-hybridized carbons (Fsp3) is 1.00. The van der Waals surface area contributed by atoms with Crippen LogP contribution in [-0.4, -0.2) is 72.2 Å². The lowest BCUT2D eigenvalue weighted by atomic mass is 10.0. The van der Waals surface area contributed by atoms with Crippen molar-refractivity contribution in [3.05, 3.63) is 0 Å². The zero-order valence-electron chi connectivity index (χ0n) is 9.58. The van der Waals surface area contributed by atoms with E-state index in [1.807, 2.05) is 0 Å². The minimum Gasteiger partial charge on any atom is -0.388 e. The van der Waals surface area contributed by atoms with Gasteiger partial charge >= 0.3 is 0 Å². The van der Waals surface area contributed by atoms with Crippen LogP contribution in [-0.2, 0) is 18.9 Å². The maximum absolute atomic E-state index is 9.85. The standard InChI is InChI=1S/C10H16Cl2O6/c11-1-7-15-3-5(13)9(17-7)10-6(14)4-16-8(2-12)18-10/h5-10,13-14H,1-4H2/t5-,6+,7+,8-,9-,10-/m0/s1. The SMILES string of the molecule is O[C@@H]1CO[C@H](CCl)O[C@@H]1[C@H]1O[C@H](CCl)OC[C@@H]1O. The second-order valence-corrected chi connectivity index (χ2v) is 4.79. The molecule has 2 N–H and O–H groups in total. The maximum Gasteiger partial charge on any atom is 0.171 e. The van der Waals surface area contributed by atoms with Gasteiger partial charge in [-0.05, 0) is 0 Å². The van der Waals surface area contributed by atoms with Crippen molar-refractivity contribution in [2.24, 2.45) is 0 Å². The number of halogens is 2. The van der Waals surface area contributed by atoms with Crippen molar-refractivity contribution in [3.63, 3.8) is 0 Å². The first-order valence-electron chi connectivity index (χ1n) is 5.68. The number of rotatable bonds is 3. The van der Waals surface area contributed by atoms with Crippen molar-refractivity contribution in [1.29, 1.82) is 0 Å². The molecule has 2 aliphatic heterocycles. The summed E-state index contributed by atoms with van der Waals surface area (Å²) in [6.07, 6.45) is -4.45. The van der Waals surface area contributed by atoms with E-state index in [1.54, 1.807) is 0 Å². The molecule has 106 valence electrons. The first-order valence-corrected chi connectivity index (χ1v) is 6.74. The topological polar surface area (TPSA) is 77.4 Å². The third-order valence-electron chi connectivity index (χ3n) is 2.86. The minimum atomic E-state index is -0.891. The summed E-state index contributed by atoms with van der Waals surface area (Å²) in [7, 11) is 0. The minimum absolute atomic E-state index is 0.0844. The van der Waals surface area contributed by atoms with Gasteiger partial charge in [-0.15, -0.1) is 23.2 Å². The molecule has 0 aliphatic carbocycles. The largest absolute Gasteiger partial charge is 0.388 e. The van der Waals surface area contributed by atoms with E-state index in [0.717, 1.165) is 0 Å². The number of aliphatic hydroxyl groups excluding tert-OH is 2. The Morgan fingerprint density at radius 3 is 1.56 bits per heavy atom. The van der Waals surface area contributed by atoms with E-state index in [0.29, 0.717) is 0 Å². The molecule has 2 rings (SSSR count). The van der Waals surface area contributed by atoms with Crippen molar-refractivity contribution in [2.45, 2.75) is 37.0 Å². The molecule has 0 unspecified atom stereocenters. The highest BCUT2D eigenvalue weighted by atomic mass is 35.5. The first-order chi connectivity index (χ1) is 8.65. The van der Waals surface area contributed by atoms with Gasteiger partial charge in [0.05, 0.1) is 25.0 Å². The summed E-state index contributed by atoms with van der Waals surface area (Å²) in [6, 6.07) is 0. The molecule has 0 bridgehead atoms. The fourth-order valence-electron chi connectivity index (χ4n) is 1.97. The predicted octanol–water partition coefficient (Wildman–Crippen LogP) is -0.331. The molecule has 0 spiro atoms. The number of ether oxygens (including phenoxy) is 4. The van der Waals surface area contributed by atoms with Gasteiger partial charge < -0.3 is 29.2 Å². The average molecular weight is 303 g/mol. The lowest BCUT2D eigenvalue weighted by molar-refractivity contribution is -0.319.